The quantitative estimate of drug-likeness (QED) is 0.299. The predicted octanol–water partition coefficient (Wildman–Crippen LogP) is 4.71. The number of carbonyl (C=O) groups excluding carboxylic acids is 1. The number of piperidine rings is 1. The molecule has 2 fully saturated rings. The fourth-order valence-electron chi connectivity index (χ4n) is 5.09. The topological polar surface area (TPSA) is 140 Å². The second-order valence-corrected chi connectivity index (χ2v) is 10.2. The Morgan fingerprint density at radius 3 is 2.58 bits per heavy atom. The molecule has 1 aliphatic carbocycles. The predicted molar refractivity (Wildman–Crippen MR) is 137 cm³/mol. The molecule has 1 saturated carbocycles. The minimum atomic E-state index is -4.47. The molecule has 3 aromatic heterocycles. The van der Waals surface area contributed by atoms with Crippen LogP contribution in [0.5, 0.6) is 0 Å². The highest BCUT2D eigenvalue weighted by molar-refractivity contribution is 6.00. The monoisotopic (exact) mass is 559 g/mol. The van der Waals surface area contributed by atoms with E-state index in [-0.39, 0.29) is 42.0 Å². The van der Waals surface area contributed by atoms with Crippen LogP contribution in [0.4, 0.5) is 39.7 Å². The molecule has 0 spiro atoms. The van der Waals surface area contributed by atoms with E-state index in [9.17, 15) is 18.0 Å². The van der Waals surface area contributed by atoms with Crippen molar-refractivity contribution in [2.24, 2.45) is 0 Å². The van der Waals surface area contributed by atoms with E-state index in [1.807, 2.05) is 4.68 Å². The molecule has 11 nitrogen and oxygen atoms in total. The van der Waals surface area contributed by atoms with E-state index >= 15 is 4.39 Å². The molecule has 6 rings (SSSR count). The number of nitrogens with one attached hydrogen (secondary N) is 2. The van der Waals surface area contributed by atoms with Crippen molar-refractivity contribution in [1.82, 2.24) is 29.8 Å². The molecule has 1 aromatic carbocycles. The molecule has 0 atom stereocenters. The fraction of sp³-hybridized carbons (Fsp3) is 0.400. The summed E-state index contributed by atoms with van der Waals surface area (Å²) in [5, 5.41) is 13.3. The number of benzene rings is 1. The Labute approximate surface area is 224 Å². The minimum Gasteiger partial charge on any atom is -0.383 e. The first-order valence-electron chi connectivity index (χ1n) is 12.6. The van der Waals surface area contributed by atoms with Crippen LogP contribution in [0.25, 0.3) is 22.3 Å². The summed E-state index contributed by atoms with van der Waals surface area (Å²) >= 11 is 0. The van der Waals surface area contributed by atoms with Gasteiger partial charge in [0.1, 0.15) is 34.8 Å². The zero-order chi connectivity index (χ0) is 28.2. The van der Waals surface area contributed by atoms with Crippen molar-refractivity contribution >= 4 is 34.5 Å². The maximum atomic E-state index is 15.1. The lowest BCUT2D eigenvalue weighted by molar-refractivity contribution is -0.161. The largest absolute Gasteiger partial charge is 0.400 e. The number of nitrogens with zero attached hydrogens (tertiary/aromatic N) is 6. The molecule has 1 aliphatic heterocycles. The lowest BCUT2D eigenvalue weighted by Gasteiger charge is -2.29. The van der Waals surface area contributed by atoms with Crippen LogP contribution in [0.1, 0.15) is 37.4 Å². The smallest absolute Gasteiger partial charge is 0.383 e. The van der Waals surface area contributed by atoms with Gasteiger partial charge in [0, 0.05) is 11.6 Å². The zero-order valence-corrected chi connectivity index (χ0v) is 21.3. The minimum absolute atomic E-state index is 0.0961. The van der Waals surface area contributed by atoms with Gasteiger partial charge in [-0.1, -0.05) is 11.2 Å². The summed E-state index contributed by atoms with van der Waals surface area (Å²) < 4.78 is 61.8. The molecular weight excluding hydrogens is 534 g/mol. The second-order valence-electron chi connectivity index (χ2n) is 10.2. The van der Waals surface area contributed by atoms with Crippen LogP contribution in [0.15, 0.2) is 35.1 Å². The summed E-state index contributed by atoms with van der Waals surface area (Å²) in [6.45, 7) is 1.80. The molecule has 4 N–H and O–H groups in total. The van der Waals surface area contributed by atoms with Gasteiger partial charge < -0.3 is 20.5 Å². The third kappa shape index (κ3) is 4.49. The highest BCUT2D eigenvalue weighted by atomic mass is 19.4. The molecule has 0 bridgehead atoms. The number of hydrogen-bond donors (Lipinski definition) is 3. The first kappa shape index (κ1) is 26.0. The van der Waals surface area contributed by atoms with Crippen molar-refractivity contribution in [1.29, 1.82) is 0 Å². The van der Waals surface area contributed by atoms with Crippen molar-refractivity contribution in [2.75, 3.05) is 36.5 Å². The van der Waals surface area contributed by atoms with Crippen LogP contribution in [0.3, 0.4) is 0 Å². The van der Waals surface area contributed by atoms with Gasteiger partial charge in [-0.05, 0) is 58.0 Å². The molecule has 2 amide bonds. The molecular formula is C25H25F4N9O2. The van der Waals surface area contributed by atoms with Gasteiger partial charge in [-0.3, -0.25) is 5.32 Å². The molecule has 0 unspecified atom stereocenters. The Morgan fingerprint density at radius 1 is 1.15 bits per heavy atom. The summed E-state index contributed by atoms with van der Waals surface area (Å²) in [7, 11) is 2.06. The average molecular weight is 560 g/mol. The first-order chi connectivity index (χ1) is 19.1. The number of urea groups is 1. The number of anilines is 3. The van der Waals surface area contributed by atoms with E-state index < -0.39 is 23.4 Å². The highest BCUT2D eigenvalue weighted by Crippen LogP contribution is 2.58. The number of aromatic nitrogens is 5. The lowest BCUT2D eigenvalue weighted by Crippen LogP contribution is -2.31. The number of nitrogen functional groups attached to an aromatic ring is 1. The number of halogens is 4. The van der Waals surface area contributed by atoms with Crippen molar-refractivity contribution in [2.45, 2.75) is 43.3 Å². The van der Waals surface area contributed by atoms with Gasteiger partial charge in [-0.15, -0.1) is 0 Å². The summed E-state index contributed by atoms with van der Waals surface area (Å²) in [6.07, 6.45) is -1.57. The SMILES string of the molecule is CN1CCC(n2nc(-c3ccc(NC(=O)Nc4cc(C5(C(F)(F)F)CC5)no4)c(F)c3)c3c(N)ncnc32)CC1. The van der Waals surface area contributed by atoms with Crippen LogP contribution in [-0.4, -0.2) is 62.1 Å². The Kier molecular flexibility index (Phi) is 6.12. The van der Waals surface area contributed by atoms with E-state index in [1.54, 1.807) is 6.07 Å². The molecule has 1 saturated heterocycles. The number of hydrogen-bond acceptors (Lipinski definition) is 8. The van der Waals surface area contributed by atoms with Crippen LogP contribution in [0.2, 0.25) is 0 Å². The van der Waals surface area contributed by atoms with Crippen molar-refractivity contribution in [3.8, 4) is 11.3 Å². The van der Waals surface area contributed by atoms with Crippen LogP contribution in [-0.2, 0) is 5.41 Å². The van der Waals surface area contributed by atoms with Gasteiger partial charge in [0.25, 0.3) is 0 Å². The summed E-state index contributed by atoms with van der Waals surface area (Å²) in [5.74, 6) is -0.843. The summed E-state index contributed by atoms with van der Waals surface area (Å²) in [6, 6.07) is 4.32. The van der Waals surface area contributed by atoms with E-state index in [0.717, 1.165) is 32.0 Å². The van der Waals surface area contributed by atoms with E-state index in [1.165, 1.54) is 18.5 Å². The Hall–Kier alpha value is -4.27. The molecule has 15 heteroatoms. The molecule has 4 heterocycles. The van der Waals surface area contributed by atoms with Crippen molar-refractivity contribution < 1.29 is 26.9 Å². The van der Waals surface area contributed by atoms with Crippen LogP contribution < -0.4 is 16.4 Å². The third-order valence-electron chi connectivity index (χ3n) is 7.57. The van der Waals surface area contributed by atoms with Gasteiger partial charge in [0.15, 0.2) is 5.65 Å². The number of likely N-dealkylation sites (tertiary alicyclic amines) is 1. The third-order valence-corrected chi connectivity index (χ3v) is 7.57. The standard InChI is InChI=1S/C25H25F4N9O2/c1-37-8-4-14(5-9-37)38-22-19(21(30)31-12-32-22)20(35-38)13-2-3-16(15(26)10-13)33-23(39)34-18-11-17(36-40-18)24(6-7-24)25(27,28)29/h2-3,10-12,14H,4-9H2,1H3,(H2,30,31,32)(H2,33,34,39). The highest BCUT2D eigenvalue weighted by Gasteiger charge is 2.66. The summed E-state index contributed by atoms with van der Waals surface area (Å²) in [5.41, 5.74) is 5.03. The number of alkyl halides is 3. The molecule has 2 aliphatic rings. The van der Waals surface area contributed by atoms with Crippen LogP contribution in [0, 0.1) is 5.82 Å². The Bertz CT molecular complexity index is 1590. The van der Waals surface area contributed by atoms with Crippen LogP contribution >= 0.6 is 0 Å². The second kappa shape index (κ2) is 9.43. The van der Waals surface area contributed by atoms with Gasteiger partial charge >= 0.3 is 12.2 Å². The average Bonchev–Trinajstić information content (AvgIpc) is 3.46. The zero-order valence-electron chi connectivity index (χ0n) is 21.3. The van der Waals surface area contributed by atoms with E-state index in [2.05, 4.69) is 37.7 Å². The first-order valence-corrected chi connectivity index (χ1v) is 12.6. The number of fused-ring (bicyclic) bond motifs is 1. The van der Waals surface area contributed by atoms with Crippen molar-refractivity contribution in [3.05, 3.63) is 42.1 Å². The van der Waals surface area contributed by atoms with Gasteiger partial charge in [-0.2, -0.15) is 18.3 Å². The lowest BCUT2D eigenvalue weighted by atomic mass is 10.0. The number of rotatable bonds is 5. The number of amides is 2. The number of carbonyl (C=O) groups is 1. The number of nitrogens with two attached hydrogens (primary N) is 1. The molecule has 4 aromatic rings. The maximum Gasteiger partial charge on any atom is 0.400 e. The summed E-state index contributed by atoms with van der Waals surface area (Å²) in [4.78, 5) is 23.1. The normalized spacial score (nSPS) is 17.7. The Morgan fingerprint density at radius 2 is 1.90 bits per heavy atom. The van der Waals surface area contributed by atoms with Gasteiger partial charge in [-0.25, -0.2) is 23.8 Å². The Balaban J connectivity index is 1.21. The maximum absolute atomic E-state index is 15.1. The molecule has 210 valence electrons. The van der Waals surface area contributed by atoms with E-state index in [0.29, 0.717) is 22.3 Å². The van der Waals surface area contributed by atoms with Gasteiger partial charge in [0.05, 0.1) is 17.1 Å². The van der Waals surface area contributed by atoms with Crippen molar-refractivity contribution in [3.63, 3.8) is 0 Å². The van der Waals surface area contributed by atoms with Gasteiger partial charge in [0.2, 0.25) is 5.88 Å². The molecule has 40 heavy (non-hydrogen) atoms. The molecule has 0 radical (unpaired) electrons. The fourth-order valence-corrected chi connectivity index (χ4v) is 5.09. The van der Waals surface area contributed by atoms with E-state index in [4.69, 9.17) is 15.4 Å².